The first-order valence-corrected chi connectivity index (χ1v) is 14.4. The number of hydrogen-bond donors (Lipinski definition) is 8. The Labute approximate surface area is 254 Å². The number of amides is 3. The molecule has 0 aliphatic carbocycles. The minimum absolute atomic E-state index is 0.00759. The minimum atomic E-state index is -1.22. The first-order chi connectivity index (χ1) is 21.1. The molecule has 4 rings (SSSR count). The third-order valence-electron chi connectivity index (χ3n) is 7.40. The zero-order chi connectivity index (χ0) is 31.6. The Morgan fingerprint density at radius 1 is 0.841 bits per heavy atom. The molecule has 1 aliphatic rings. The highest BCUT2D eigenvalue weighted by Crippen LogP contribution is 2.22. The molecular formula is C32H37N5O7. The van der Waals surface area contributed by atoms with Gasteiger partial charge in [0.05, 0.1) is 24.5 Å². The van der Waals surface area contributed by atoms with Crippen molar-refractivity contribution >= 4 is 29.4 Å². The van der Waals surface area contributed by atoms with E-state index in [1.807, 2.05) is 0 Å². The summed E-state index contributed by atoms with van der Waals surface area (Å²) < 4.78 is 0. The first kappa shape index (κ1) is 32.0. The molecule has 0 aromatic heterocycles. The number of carbonyl (C=O) groups excluding carboxylic acids is 3. The van der Waals surface area contributed by atoms with Gasteiger partial charge >= 0.3 is 5.97 Å². The summed E-state index contributed by atoms with van der Waals surface area (Å²) in [5.41, 5.74) is 8.54. The van der Waals surface area contributed by atoms with Gasteiger partial charge in [0.25, 0.3) is 0 Å². The first-order valence-electron chi connectivity index (χ1n) is 14.4. The molecule has 12 heteroatoms. The maximum absolute atomic E-state index is 13.1. The van der Waals surface area contributed by atoms with Crippen molar-refractivity contribution in [3.8, 4) is 11.5 Å². The fraction of sp³-hybridized carbons (Fsp3) is 0.312. The van der Waals surface area contributed by atoms with Crippen LogP contribution in [0.1, 0.15) is 42.0 Å². The number of rotatable bonds is 13. The van der Waals surface area contributed by atoms with Crippen LogP contribution in [-0.2, 0) is 32.0 Å². The van der Waals surface area contributed by atoms with Gasteiger partial charge in [-0.25, -0.2) is 4.79 Å². The zero-order valence-electron chi connectivity index (χ0n) is 24.0. The normalized spacial score (nSPS) is 16.3. The van der Waals surface area contributed by atoms with Crippen molar-refractivity contribution in [2.75, 3.05) is 11.9 Å². The maximum atomic E-state index is 13.1. The Morgan fingerprint density at radius 3 is 1.98 bits per heavy atom. The largest absolute Gasteiger partial charge is 0.508 e. The molecule has 3 aromatic carbocycles. The molecule has 0 saturated carbocycles. The van der Waals surface area contributed by atoms with E-state index in [2.05, 4.69) is 21.3 Å². The number of nitrogens with two attached hydrogens (primary N) is 1. The van der Waals surface area contributed by atoms with Crippen molar-refractivity contribution in [1.82, 2.24) is 16.0 Å². The van der Waals surface area contributed by atoms with E-state index in [1.54, 1.807) is 48.5 Å². The number of benzene rings is 3. The Balaban J connectivity index is 1.42. The van der Waals surface area contributed by atoms with E-state index in [0.717, 1.165) is 12.0 Å². The quantitative estimate of drug-likeness (QED) is 0.143. The van der Waals surface area contributed by atoms with Gasteiger partial charge in [-0.05, 0) is 78.9 Å². The summed E-state index contributed by atoms with van der Waals surface area (Å²) in [5.74, 6) is -2.30. The number of aliphatic carboxylic acids is 1. The average molecular weight is 604 g/mol. The Hall–Kier alpha value is -4.94. The second-order valence-electron chi connectivity index (χ2n) is 10.8. The van der Waals surface area contributed by atoms with Gasteiger partial charge in [0.1, 0.15) is 17.5 Å². The molecule has 0 spiro atoms. The molecule has 1 aliphatic heterocycles. The van der Waals surface area contributed by atoms with Crippen LogP contribution in [0.3, 0.4) is 0 Å². The average Bonchev–Trinajstić information content (AvgIpc) is 3.54. The van der Waals surface area contributed by atoms with E-state index in [9.17, 15) is 34.5 Å². The van der Waals surface area contributed by atoms with Gasteiger partial charge in [-0.2, -0.15) is 0 Å². The number of nitrogens with one attached hydrogen (secondary N) is 4. The van der Waals surface area contributed by atoms with Crippen molar-refractivity contribution in [1.29, 1.82) is 0 Å². The lowest BCUT2D eigenvalue weighted by Gasteiger charge is -2.23. The summed E-state index contributed by atoms with van der Waals surface area (Å²) >= 11 is 0. The highest BCUT2D eigenvalue weighted by atomic mass is 16.4. The van der Waals surface area contributed by atoms with Crippen molar-refractivity contribution in [2.45, 2.75) is 56.3 Å². The molecule has 232 valence electrons. The van der Waals surface area contributed by atoms with E-state index in [1.165, 1.54) is 24.3 Å². The van der Waals surface area contributed by atoms with Gasteiger partial charge in [0.2, 0.25) is 17.7 Å². The zero-order valence-corrected chi connectivity index (χ0v) is 24.0. The van der Waals surface area contributed by atoms with Crippen LogP contribution in [0.2, 0.25) is 0 Å². The fourth-order valence-corrected chi connectivity index (χ4v) is 4.95. The van der Waals surface area contributed by atoms with E-state index in [0.29, 0.717) is 29.8 Å². The van der Waals surface area contributed by atoms with Crippen molar-refractivity contribution in [3.63, 3.8) is 0 Å². The summed E-state index contributed by atoms with van der Waals surface area (Å²) in [6, 6.07) is 15.9. The number of carbonyl (C=O) groups is 4. The van der Waals surface area contributed by atoms with Crippen LogP contribution in [-0.4, -0.2) is 63.7 Å². The number of carboxylic acid groups (broad SMARTS) is 1. The standard InChI is InChI=1S/C32H37N5O7/c33-25(16-19-3-11-23(38)12-4-19)30(41)35-22-9-7-21(8-10-22)27(37-31(42)26-2-1-15-34-26)18-29(40)36-28(32(43)44)17-20-5-13-24(39)14-6-20/h3-14,25-28,34,38-39H,1-2,15-18,33H2,(H,35,41)(H,36,40)(H,37,42)(H,43,44)/t25-,26-,27?,28-/m0/s1. The smallest absolute Gasteiger partial charge is 0.326 e. The molecule has 1 fully saturated rings. The Kier molecular flexibility index (Phi) is 10.9. The SMILES string of the molecule is N[C@@H](Cc1ccc(O)cc1)C(=O)Nc1ccc(C(CC(=O)N[C@@H](Cc2ccc(O)cc2)C(=O)O)NC(=O)[C@@H]2CCCN2)cc1. The molecule has 3 amide bonds. The van der Waals surface area contributed by atoms with E-state index >= 15 is 0 Å². The summed E-state index contributed by atoms with van der Waals surface area (Å²) in [5, 5.41) is 40.0. The molecule has 4 atom stereocenters. The van der Waals surface area contributed by atoms with Crippen molar-refractivity contribution < 1.29 is 34.5 Å². The molecule has 12 nitrogen and oxygen atoms in total. The molecule has 9 N–H and O–H groups in total. The lowest BCUT2D eigenvalue weighted by atomic mass is 10.0. The third-order valence-corrected chi connectivity index (χ3v) is 7.40. The number of carboxylic acids is 1. The van der Waals surface area contributed by atoms with Gasteiger partial charge in [0.15, 0.2) is 0 Å². The van der Waals surface area contributed by atoms with Crippen LogP contribution < -0.4 is 27.0 Å². The van der Waals surface area contributed by atoms with Crippen molar-refractivity contribution in [3.05, 3.63) is 89.5 Å². The molecule has 1 saturated heterocycles. The molecule has 44 heavy (non-hydrogen) atoms. The summed E-state index contributed by atoms with van der Waals surface area (Å²) in [6.45, 7) is 0.712. The monoisotopic (exact) mass is 603 g/mol. The van der Waals surface area contributed by atoms with E-state index in [4.69, 9.17) is 5.73 Å². The van der Waals surface area contributed by atoms with E-state index < -0.39 is 42.0 Å². The summed E-state index contributed by atoms with van der Waals surface area (Å²) in [4.78, 5) is 50.6. The second-order valence-corrected chi connectivity index (χ2v) is 10.8. The lowest BCUT2D eigenvalue weighted by Crippen LogP contribution is -2.46. The maximum Gasteiger partial charge on any atom is 0.326 e. The molecule has 1 heterocycles. The van der Waals surface area contributed by atoms with Crippen LogP contribution in [0.5, 0.6) is 11.5 Å². The van der Waals surface area contributed by atoms with Crippen LogP contribution in [0, 0.1) is 0 Å². The molecule has 0 radical (unpaired) electrons. The topological polar surface area (TPSA) is 203 Å². The van der Waals surface area contributed by atoms with Gasteiger partial charge in [-0.1, -0.05) is 36.4 Å². The van der Waals surface area contributed by atoms with Crippen LogP contribution in [0.25, 0.3) is 0 Å². The predicted octanol–water partition coefficient (Wildman–Crippen LogP) is 1.72. The molecule has 1 unspecified atom stereocenters. The van der Waals surface area contributed by atoms with E-state index in [-0.39, 0.29) is 36.7 Å². The fourth-order valence-electron chi connectivity index (χ4n) is 4.95. The van der Waals surface area contributed by atoms with Gasteiger partial charge < -0.3 is 42.3 Å². The van der Waals surface area contributed by atoms with Crippen molar-refractivity contribution in [2.24, 2.45) is 5.73 Å². The Bertz CT molecular complexity index is 1440. The lowest BCUT2D eigenvalue weighted by molar-refractivity contribution is -0.142. The molecule has 0 bridgehead atoms. The van der Waals surface area contributed by atoms with Gasteiger partial charge in [0, 0.05) is 12.1 Å². The van der Waals surface area contributed by atoms with Crippen LogP contribution in [0.15, 0.2) is 72.8 Å². The second kappa shape index (κ2) is 15.0. The number of phenolic OH excluding ortho intramolecular Hbond substituents is 2. The number of anilines is 1. The minimum Gasteiger partial charge on any atom is -0.508 e. The molecular weight excluding hydrogens is 566 g/mol. The van der Waals surface area contributed by atoms with Crippen LogP contribution in [0.4, 0.5) is 5.69 Å². The summed E-state index contributed by atoms with van der Waals surface area (Å²) in [6.07, 6.45) is 1.57. The van der Waals surface area contributed by atoms with Crippen LogP contribution >= 0.6 is 0 Å². The van der Waals surface area contributed by atoms with Gasteiger partial charge in [-0.3, -0.25) is 14.4 Å². The Morgan fingerprint density at radius 2 is 1.43 bits per heavy atom. The molecule has 3 aromatic rings. The number of hydrogen-bond acceptors (Lipinski definition) is 8. The third kappa shape index (κ3) is 9.28. The predicted molar refractivity (Wildman–Crippen MR) is 163 cm³/mol. The highest BCUT2D eigenvalue weighted by molar-refractivity contribution is 5.95. The number of aromatic hydroxyl groups is 2. The summed E-state index contributed by atoms with van der Waals surface area (Å²) in [7, 11) is 0. The van der Waals surface area contributed by atoms with Gasteiger partial charge in [-0.15, -0.1) is 0 Å². The highest BCUT2D eigenvalue weighted by Gasteiger charge is 2.28. The number of phenols is 2.